The molecule has 0 spiro atoms. The Morgan fingerprint density at radius 2 is 2.33 bits per heavy atom. The molecule has 4 rings (SSSR count). The van der Waals surface area contributed by atoms with Gasteiger partial charge in [0.1, 0.15) is 24.1 Å². The molecule has 1 atom stereocenters. The summed E-state index contributed by atoms with van der Waals surface area (Å²) in [7, 11) is 0. The molecule has 0 aliphatic carbocycles. The van der Waals surface area contributed by atoms with E-state index in [0.717, 1.165) is 30.6 Å². The van der Waals surface area contributed by atoms with Crippen LogP contribution in [-0.2, 0) is 11.3 Å². The number of furan rings is 1. The molecular formula is C18H22N6O3. The molecule has 0 unspecified atom stereocenters. The van der Waals surface area contributed by atoms with Crippen LogP contribution in [-0.4, -0.2) is 55.9 Å². The molecule has 1 fully saturated rings. The third-order valence-corrected chi connectivity index (χ3v) is 5.00. The lowest BCUT2D eigenvalue weighted by Crippen LogP contribution is -2.42. The minimum atomic E-state index is -0.367. The fraction of sp³-hybridized carbons (Fsp3) is 0.444. The maximum atomic E-state index is 12.6. The molecule has 1 aliphatic heterocycles. The van der Waals surface area contributed by atoms with Crippen molar-refractivity contribution in [3.8, 4) is 11.5 Å². The summed E-state index contributed by atoms with van der Waals surface area (Å²) in [5.41, 5.74) is 0.521. The molecule has 9 nitrogen and oxygen atoms in total. The van der Waals surface area contributed by atoms with Gasteiger partial charge >= 0.3 is 0 Å². The third-order valence-electron chi connectivity index (χ3n) is 5.00. The Labute approximate surface area is 155 Å². The number of hydrogen-bond donors (Lipinski definition) is 1. The molecule has 9 heteroatoms. The Morgan fingerprint density at radius 1 is 1.44 bits per heavy atom. The van der Waals surface area contributed by atoms with Crippen molar-refractivity contribution in [1.29, 1.82) is 0 Å². The van der Waals surface area contributed by atoms with Gasteiger partial charge in [-0.15, -0.1) is 0 Å². The number of rotatable bonds is 6. The topological polar surface area (TPSA) is 97.7 Å². The van der Waals surface area contributed by atoms with E-state index in [1.54, 1.807) is 24.5 Å². The molecule has 0 bridgehead atoms. The summed E-state index contributed by atoms with van der Waals surface area (Å²) < 4.78 is 7.86. The van der Waals surface area contributed by atoms with Crippen LogP contribution in [0.25, 0.3) is 17.0 Å². The van der Waals surface area contributed by atoms with E-state index in [4.69, 9.17) is 4.42 Å². The van der Waals surface area contributed by atoms with Gasteiger partial charge in [-0.05, 0) is 38.1 Å². The Hall–Kier alpha value is -2.94. The van der Waals surface area contributed by atoms with Crippen LogP contribution in [0.2, 0.25) is 0 Å². The quantitative estimate of drug-likeness (QED) is 0.688. The Bertz CT molecular complexity index is 990. The molecule has 3 aromatic rings. The third kappa shape index (κ3) is 3.50. The van der Waals surface area contributed by atoms with Crippen molar-refractivity contribution in [2.45, 2.75) is 32.4 Å². The summed E-state index contributed by atoms with van der Waals surface area (Å²) in [5.74, 6) is 0.349. The lowest BCUT2D eigenvalue weighted by Gasteiger charge is -2.22. The van der Waals surface area contributed by atoms with Gasteiger partial charge in [0.25, 0.3) is 5.56 Å². The number of carbonyl (C=O) groups excluding carboxylic acids is 1. The van der Waals surface area contributed by atoms with E-state index in [-0.39, 0.29) is 18.0 Å². The molecule has 1 saturated heterocycles. The average molecular weight is 370 g/mol. The van der Waals surface area contributed by atoms with Crippen molar-refractivity contribution in [3.63, 3.8) is 0 Å². The number of nitrogens with one attached hydrogen (secondary N) is 1. The van der Waals surface area contributed by atoms with Crippen LogP contribution < -0.4 is 10.9 Å². The number of likely N-dealkylation sites (tertiary alicyclic amines) is 1. The van der Waals surface area contributed by atoms with Crippen molar-refractivity contribution < 1.29 is 9.21 Å². The molecule has 0 aromatic carbocycles. The number of fused-ring (bicyclic) bond motifs is 1. The molecule has 1 aliphatic rings. The van der Waals surface area contributed by atoms with Gasteiger partial charge < -0.3 is 9.73 Å². The number of aromatic nitrogens is 4. The lowest BCUT2D eigenvalue weighted by molar-refractivity contribution is -0.122. The second-order valence-electron chi connectivity index (χ2n) is 6.66. The van der Waals surface area contributed by atoms with E-state index in [2.05, 4.69) is 27.3 Å². The summed E-state index contributed by atoms with van der Waals surface area (Å²) in [6.45, 7) is 4.67. The predicted molar refractivity (Wildman–Crippen MR) is 98.2 cm³/mol. The standard InChI is InChI=1S/C18H22N6O3/c1-2-22-7-3-5-13(22)10-19-17(25)11-23-18(26)15-9-14(16-6-4-8-27-16)21-24(15)12-20-23/h4,6,8-9,12-13H,2-3,5,7,10-11H2,1H3,(H,19,25)/t13-/m1/s1. The number of hydrogen-bond acceptors (Lipinski definition) is 6. The molecular weight excluding hydrogens is 348 g/mol. The van der Waals surface area contributed by atoms with Crippen molar-refractivity contribution in [3.05, 3.63) is 41.1 Å². The van der Waals surface area contributed by atoms with Gasteiger partial charge in [-0.1, -0.05) is 6.92 Å². The largest absolute Gasteiger partial charge is 0.463 e. The number of nitrogens with zero attached hydrogens (tertiary/aromatic N) is 5. The van der Waals surface area contributed by atoms with Crippen molar-refractivity contribution in [2.24, 2.45) is 0 Å². The van der Waals surface area contributed by atoms with Gasteiger partial charge in [0, 0.05) is 18.7 Å². The van der Waals surface area contributed by atoms with Crippen LogP contribution in [0.4, 0.5) is 0 Å². The SMILES string of the molecule is CCN1CCC[C@@H]1CNC(=O)Cn1ncn2nc(-c3ccco3)cc2c1=O. The van der Waals surface area contributed by atoms with E-state index < -0.39 is 0 Å². The van der Waals surface area contributed by atoms with Crippen molar-refractivity contribution in [1.82, 2.24) is 29.6 Å². The van der Waals surface area contributed by atoms with Gasteiger partial charge in [0.05, 0.1) is 6.26 Å². The molecule has 3 aromatic heterocycles. The normalized spacial score (nSPS) is 17.6. The molecule has 142 valence electrons. The van der Waals surface area contributed by atoms with Crippen LogP contribution in [0, 0.1) is 0 Å². The zero-order chi connectivity index (χ0) is 18.8. The first kappa shape index (κ1) is 17.5. The van der Waals surface area contributed by atoms with E-state index in [1.807, 2.05) is 0 Å². The number of likely N-dealkylation sites (N-methyl/N-ethyl adjacent to an activating group) is 1. The predicted octanol–water partition coefficient (Wildman–Crippen LogP) is 0.752. The van der Waals surface area contributed by atoms with Gasteiger partial charge in [-0.25, -0.2) is 9.20 Å². The number of carbonyl (C=O) groups is 1. The highest BCUT2D eigenvalue weighted by Crippen LogP contribution is 2.18. The number of amides is 1. The molecule has 1 N–H and O–H groups in total. The Morgan fingerprint density at radius 3 is 3.11 bits per heavy atom. The zero-order valence-corrected chi connectivity index (χ0v) is 15.2. The second-order valence-corrected chi connectivity index (χ2v) is 6.66. The summed E-state index contributed by atoms with van der Waals surface area (Å²) in [5, 5.41) is 11.3. The van der Waals surface area contributed by atoms with E-state index in [1.165, 1.54) is 10.8 Å². The lowest BCUT2D eigenvalue weighted by atomic mass is 10.2. The minimum absolute atomic E-state index is 0.116. The van der Waals surface area contributed by atoms with Crippen LogP contribution >= 0.6 is 0 Å². The fourth-order valence-corrected chi connectivity index (χ4v) is 3.56. The first-order valence-corrected chi connectivity index (χ1v) is 9.16. The zero-order valence-electron chi connectivity index (χ0n) is 15.2. The molecule has 1 amide bonds. The van der Waals surface area contributed by atoms with Gasteiger partial charge in [-0.3, -0.25) is 14.5 Å². The maximum Gasteiger partial charge on any atom is 0.293 e. The smallest absolute Gasteiger partial charge is 0.293 e. The minimum Gasteiger partial charge on any atom is -0.463 e. The highest BCUT2D eigenvalue weighted by molar-refractivity contribution is 5.75. The molecule has 0 saturated carbocycles. The monoisotopic (exact) mass is 370 g/mol. The first-order chi connectivity index (χ1) is 13.2. The second kappa shape index (κ2) is 7.36. The van der Waals surface area contributed by atoms with Crippen LogP contribution in [0.5, 0.6) is 0 Å². The van der Waals surface area contributed by atoms with Crippen LogP contribution in [0.3, 0.4) is 0 Å². The highest BCUT2D eigenvalue weighted by Gasteiger charge is 2.23. The molecule has 27 heavy (non-hydrogen) atoms. The maximum absolute atomic E-state index is 12.6. The van der Waals surface area contributed by atoms with Crippen molar-refractivity contribution in [2.75, 3.05) is 19.6 Å². The summed E-state index contributed by atoms with van der Waals surface area (Å²) >= 11 is 0. The van der Waals surface area contributed by atoms with E-state index in [0.29, 0.717) is 29.6 Å². The van der Waals surface area contributed by atoms with Crippen LogP contribution in [0.1, 0.15) is 19.8 Å². The summed E-state index contributed by atoms with van der Waals surface area (Å²) in [6, 6.07) is 5.53. The van der Waals surface area contributed by atoms with E-state index in [9.17, 15) is 9.59 Å². The van der Waals surface area contributed by atoms with Gasteiger partial charge in [0.2, 0.25) is 5.91 Å². The van der Waals surface area contributed by atoms with Crippen molar-refractivity contribution >= 4 is 11.4 Å². The Balaban J connectivity index is 1.46. The van der Waals surface area contributed by atoms with Gasteiger partial charge in [-0.2, -0.15) is 10.2 Å². The average Bonchev–Trinajstić information content (AvgIpc) is 3.41. The fourth-order valence-electron chi connectivity index (χ4n) is 3.56. The van der Waals surface area contributed by atoms with Gasteiger partial charge in [0.15, 0.2) is 5.76 Å². The summed E-state index contributed by atoms with van der Waals surface area (Å²) in [6.07, 6.45) is 5.21. The molecule has 4 heterocycles. The highest BCUT2D eigenvalue weighted by atomic mass is 16.3. The van der Waals surface area contributed by atoms with E-state index >= 15 is 0 Å². The first-order valence-electron chi connectivity index (χ1n) is 9.16. The van der Waals surface area contributed by atoms with Crippen LogP contribution in [0.15, 0.2) is 40.0 Å². The molecule has 0 radical (unpaired) electrons. The summed E-state index contributed by atoms with van der Waals surface area (Å²) in [4.78, 5) is 27.3. The Kier molecular flexibility index (Phi) is 4.76.